The minimum atomic E-state index is -0.408. The van der Waals surface area contributed by atoms with Gasteiger partial charge in [0.15, 0.2) is 5.58 Å². The number of hydrogen-bond donors (Lipinski definition) is 1. The molecule has 2 heterocycles. The van der Waals surface area contributed by atoms with Gasteiger partial charge in [-0.1, -0.05) is 0 Å². The summed E-state index contributed by atoms with van der Waals surface area (Å²) in [7, 11) is 0. The predicted molar refractivity (Wildman–Crippen MR) is 57.0 cm³/mol. The van der Waals surface area contributed by atoms with E-state index in [0.29, 0.717) is 11.1 Å². The van der Waals surface area contributed by atoms with Crippen molar-refractivity contribution in [2.24, 2.45) is 0 Å². The summed E-state index contributed by atoms with van der Waals surface area (Å²) < 4.78 is 19.8. The van der Waals surface area contributed by atoms with Crippen LogP contribution in [0.5, 0.6) is 0 Å². The van der Waals surface area contributed by atoms with E-state index in [1.54, 1.807) is 4.57 Å². The molecule has 1 saturated heterocycles. The zero-order valence-electron chi connectivity index (χ0n) is 8.57. The van der Waals surface area contributed by atoms with Gasteiger partial charge in [0, 0.05) is 12.6 Å². The molecule has 1 aromatic carbocycles. The molecule has 1 aromatic heterocycles. The van der Waals surface area contributed by atoms with E-state index in [4.69, 9.17) is 4.42 Å². The average Bonchev–Trinajstić information content (AvgIpc) is 2.83. The van der Waals surface area contributed by atoms with Crippen LogP contribution in [0.4, 0.5) is 4.39 Å². The summed E-state index contributed by atoms with van der Waals surface area (Å²) in [6.45, 7) is 1.60. The maximum atomic E-state index is 13.1. The lowest BCUT2D eigenvalue weighted by molar-refractivity contribution is 0.459. The van der Waals surface area contributed by atoms with Crippen molar-refractivity contribution in [1.82, 2.24) is 9.88 Å². The van der Waals surface area contributed by atoms with Gasteiger partial charge in [-0.2, -0.15) is 0 Å². The summed E-state index contributed by atoms with van der Waals surface area (Å²) in [6, 6.07) is 4.20. The van der Waals surface area contributed by atoms with Crippen LogP contribution < -0.4 is 11.1 Å². The lowest BCUT2D eigenvalue weighted by Gasteiger charge is -2.08. The highest BCUT2D eigenvalue weighted by Crippen LogP contribution is 2.21. The first-order valence-electron chi connectivity index (χ1n) is 5.27. The van der Waals surface area contributed by atoms with Gasteiger partial charge in [0.1, 0.15) is 5.82 Å². The summed E-state index contributed by atoms with van der Waals surface area (Å²) in [4.78, 5) is 11.7. The molecule has 0 radical (unpaired) electrons. The molecule has 0 aliphatic carbocycles. The summed E-state index contributed by atoms with van der Waals surface area (Å²) >= 11 is 0. The predicted octanol–water partition coefficient (Wildman–Crippen LogP) is 1.27. The van der Waals surface area contributed by atoms with Crippen molar-refractivity contribution in [3.05, 3.63) is 34.6 Å². The molecule has 1 unspecified atom stereocenters. The average molecular weight is 222 g/mol. The first-order chi connectivity index (χ1) is 7.75. The van der Waals surface area contributed by atoms with Crippen molar-refractivity contribution in [1.29, 1.82) is 0 Å². The Labute approximate surface area is 90.7 Å². The Balaban J connectivity index is 2.25. The first kappa shape index (κ1) is 9.59. The van der Waals surface area contributed by atoms with Gasteiger partial charge in [0.25, 0.3) is 0 Å². The SMILES string of the molecule is O=c1oc2ccc(F)cc2n1C1CCNC1. The van der Waals surface area contributed by atoms with Crippen molar-refractivity contribution in [2.45, 2.75) is 12.5 Å². The van der Waals surface area contributed by atoms with E-state index in [2.05, 4.69) is 5.32 Å². The smallest absolute Gasteiger partial charge is 0.408 e. The van der Waals surface area contributed by atoms with E-state index in [1.807, 2.05) is 0 Å². The van der Waals surface area contributed by atoms with E-state index in [1.165, 1.54) is 18.2 Å². The van der Waals surface area contributed by atoms with Gasteiger partial charge in [-0.25, -0.2) is 9.18 Å². The minimum Gasteiger partial charge on any atom is -0.408 e. The summed E-state index contributed by atoms with van der Waals surface area (Å²) in [5.41, 5.74) is 0.983. The number of hydrogen-bond acceptors (Lipinski definition) is 3. The van der Waals surface area contributed by atoms with E-state index in [0.717, 1.165) is 19.5 Å². The lowest BCUT2D eigenvalue weighted by atomic mass is 10.2. The molecule has 0 spiro atoms. The van der Waals surface area contributed by atoms with Crippen LogP contribution in [0.25, 0.3) is 11.1 Å². The number of rotatable bonds is 1. The molecule has 1 N–H and O–H groups in total. The van der Waals surface area contributed by atoms with E-state index < -0.39 is 5.76 Å². The normalized spacial score (nSPS) is 20.7. The molecule has 1 fully saturated rings. The molecule has 1 aliphatic heterocycles. The fourth-order valence-electron chi connectivity index (χ4n) is 2.21. The highest BCUT2D eigenvalue weighted by molar-refractivity contribution is 5.73. The fourth-order valence-corrected chi connectivity index (χ4v) is 2.21. The summed E-state index contributed by atoms with van der Waals surface area (Å²) in [5.74, 6) is -0.762. The molecule has 0 bridgehead atoms. The van der Waals surface area contributed by atoms with Crippen molar-refractivity contribution < 1.29 is 8.81 Å². The number of aromatic nitrogens is 1. The fraction of sp³-hybridized carbons (Fsp3) is 0.364. The third-order valence-corrected chi connectivity index (χ3v) is 2.97. The van der Waals surface area contributed by atoms with Crippen molar-refractivity contribution in [3.8, 4) is 0 Å². The number of halogens is 1. The second-order valence-electron chi connectivity index (χ2n) is 4.00. The quantitative estimate of drug-likeness (QED) is 0.790. The Kier molecular flexibility index (Phi) is 2.07. The molecule has 16 heavy (non-hydrogen) atoms. The van der Waals surface area contributed by atoms with Crippen LogP contribution in [0.2, 0.25) is 0 Å². The molecule has 5 heteroatoms. The molecule has 3 rings (SSSR count). The molecule has 2 aromatic rings. The number of nitrogens with zero attached hydrogens (tertiary/aromatic N) is 1. The van der Waals surface area contributed by atoms with Crippen LogP contribution in [-0.4, -0.2) is 17.7 Å². The second-order valence-corrected chi connectivity index (χ2v) is 4.00. The van der Waals surface area contributed by atoms with Crippen LogP contribution in [0.3, 0.4) is 0 Å². The number of oxazole rings is 1. The molecule has 4 nitrogen and oxygen atoms in total. The van der Waals surface area contributed by atoms with Crippen LogP contribution in [-0.2, 0) is 0 Å². The van der Waals surface area contributed by atoms with Crippen LogP contribution in [0.15, 0.2) is 27.4 Å². The van der Waals surface area contributed by atoms with Crippen molar-refractivity contribution >= 4 is 11.1 Å². The van der Waals surface area contributed by atoms with Gasteiger partial charge in [0.2, 0.25) is 0 Å². The first-order valence-corrected chi connectivity index (χ1v) is 5.27. The number of benzene rings is 1. The van der Waals surface area contributed by atoms with Crippen LogP contribution in [0.1, 0.15) is 12.5 Å². The second kappa shape index (κ2) is 3.45. The zero-order valence-corrected chi connectivity index (χ0v) is 8.57. The Hall–Kier alpha value is -1.62. The number of fused-ring (bicyclic) bond motifs is 1. The molecule has 84 valence electrons. The monoisotopic (exact) mass is 222 g/mol. The topological polar surface area (TPSA) is 47.2 Å². The molecule has 1 aliphatic rings. The highest BCUT2D eigenvalue weighted by Gasteiger charge is 2.22. The van der Waals surface area contributed by atoms with Gasteiger partial charge in [0.05, 0.1) is 11.6 Å². The van der Waals surface area contributed by atoms with E-state index in [9.17, 15) is 9.18 Å². The summed E-state index contributed by atoms with van der Waals surface area (Å²) in [5, 5.41) is 3.17. The molecule has 1 atom stereocenters. The Morgan fingerprint density at radius 2 is 2.38 bits per heavy atom. The molecule has 0 amide bonds. The molecular weight excluding hydrogens is 211 g/mol. The van der Waals surface area contributed by atoms with Crippen LogP contribution >= 0.6 is 0 Å². The molecule has 0 saturated carbocycles. The Morgan fingerprint density at radius 1 is 1.50 bits per heavy atom. The standard InChI is InChI=1S/C11H11FN2O2/c12-7-1-2-10-9(5-7)14(11(15)16-10)8-3-4-13-6-8/h1-2,5,8,13H,3-4,6H2. The van der Waals surface area contributed by atoms with Gasteiger partial charge < -0.3 is 9.73 Å². The summed E-state index contributed by atoms with van der Waals surface area (Å²) in [6.07, 6.45) is 0.866. The third kappa shape index (κ3) is 1.36. The minimum absolute atomic E-state index is 0.0653. The number of nitrogens with one attached hydrogen (secondary N) is 1. The maximum Gasteiger partial charge on any atom is 0.420 e. The van der Waals surface area contributed by atoms with Gasteiger partial charge in [-0.05, 0) is 25.1 Å². The Bertz CT molecular complexity index is 581. The van der Waals surface area contributed by atoms with Crippen molar-refractivity contribution in [2.75, 3.05) is 13.1 Å². The maximum absolute atomic E-state index is 13.1. The van der Waals surface area contributed by atoms with E-state index >= 15 is 0 Å². The Morgan fingerprint density at radius 3 is 3.12 bits per heavy atom. The highest BCUT2D eigenvalue weighted by atomic mass is 19.1. The van der Waals surface area contributed by atoms with Gasteiger partial charge >= 0.3 is 5.76 Å². The van der Waals surface area contributed by atoms with Gasteiger partial charge in [-0.15, -0.1) is 0 Å². The van der Waals surface area contributed by atoms with Gasteiger partial charge in [-0.3, -0.25) is 4.57 Å². The zero-order chi connectivity index (χ0) is 11.1. The lowest BCUT2D eigenvalue weighted by Crippen LogP contribution is -2.22. The van der Waals surface area contributed by atoms with Crippen LogP contribution in [0, 0.1) is 5.82 Å². The van der Waals surface area contributed by atoms with Crippen molar-refractivity contribution in [3.63, 3.8) is 0 Å². The third-order valence-electron chi connectivity index (χ3n) is 2.97. The largest absolute Gasteiger partial charge is 0.420 e. The van der Waals surface area contributed by atoms with E-state index in [-0.39, 0.29) is 11.9 Å². The molecular formula is C11H11FN2O2.